The second kappa shape index (κ2) is 5.40. The number of para-hydroxylation sites is 1. The Morgan fingerprint density at radius 3 is 2.00 bits per heavy atom. The number of aromatic amines is 1. The zero-order valence-corrected chi connectivity index (χ0v) is 8.16. The molecule has 2 rings (SSSR count). The Hall–Kier alpha value is -2.50. The van der Waals surface area contributed by atoms with Crippen LogP contribution in [0.25, 0.3) is 0 Å². The van der Waals surface area contributed by atoms with Crippen LogP contribution in [0.3, 0.4) is 0 Å². The maximum atomic E-state index is 10.2. The summed E-state index contributed by atoms with van der Waals surface area (Å²) >= 11 is 0. The molecule has 0 unspecified atom stereocenters. The molecular weight excluding hydrogens is 212 g/mol. The molecule has 1 aromatic carbocycles. The number of phenols is 3. The van der Waals surface area contributed by atoms with Crippen LogP contribution in [0, 0.1) is 0 Å². The summed E-state index contributed by atoms with van der Waals surface area (Å²) in [5.41, 5.74) is -0.116. The molecule has 0 aliphatic carbocycles. The van der Waals surface area contributed by atoms with Crippen molar-refractivity contribution in [1.29, 1.82) is 0 Å². The molecule has 0 atom stereocenters. The fourth-order valence-electron chi connectivity index (χ4n) is 0.822. The van der Waals surface area contributed by atoms with Crippen LogP contribution < -0.4 is 5.56 Å². The van der Waals surface area contributed by atoms with E-state index in [2.05, 4.69) is 9.97 Å². The van der Waals surface area contributed by atoms with Crippen molar-refractivity contribution in [3.63, 3.8) is 0 Å². The van der Waals surface area contributed by atoms with Crippen LogP contribution in [-0.4, -0.2) is 25.3 Å². The lowest BCUT2D eigenvalue weighted by molar-refractivity contribution is 0.368. The summed E-state index contributed by atoms with van der Waals surface area (Å²) in [5, 5.41) is 26.1. The largest absolute Gasteiger partial charge is 0.504 e. The number of nitrogens with zero attached hydrogens (tertiary/aromatic N) is 1. The molecule has 0 amide bonds. The first-order chi connectivity index (χ1) is 7.61. The number of aromatic hydroxyl groups is 3. The van der Waals surface area contributed by atoms with Crippen LogP contribution in [0.1, 0.15) is 0 Å². The molecule has 2 aromatic rings. The van der Waals surface area contributed by atoms with E-state index in [1.807, 2.05) is 0 Å². The zero-order chi connectivity index (χ0) is 12.0. The van der Waals surface area contributed by atoms with E-state index in [1.165, 1.54) is 36.8 Å². The fraction of sp³-hybridized carbons (Fsp3) is 0. The normalized spacial score (nSPS) is 9.00. The molecule has 0 saturated carbocycles. The first kappa shape index (κ1) is 11.6. The highest BCUT2D eigenvalue weighted by atomic mass is 16.3. The van der Waals surface area contributed by atoms with E-state index < -0.39 is 5.75 Å². The lowest BCUT2D eigenvalue weighted by Gasteiger charge is -1.96. The molecule has 16 heavy (non-hydrogen) atoms. The summed E-state index contributed by atoms with van der Waals surface area (Å²) in [6.07, 6.45) is 2.79. The van der Waals surface area contributed by atoms with Crippen LogP contribution in [-0.2, 0) is 0 Å². The van der Waals surface area contributed by atoms with E-state index in [0.717, 1.165) is 0 Å². The van der Waals surface area contributed by atoms with Gasteiger partial charge in [-0.1, -0.05) is 6.07 Å². The molecule has 0 radical (unpaired) electrons. The van der Waals surface area contributed by atoms with Crippen LogP contribution >= 0.6 is 0 Å². The SMILES string of the molecule is O=c1ccnc[nH]1.Oc1cccc(O)c1O. The first-order valence-corrected chi connectivity index (χ1v) is 4.30. The Bertz CT molecular complexity index is 472. The van der Waals surface area contributed by atoms with E-state index in [0.29, 0.717) is 0 Å². The minimum Gasteiger partial charge on any atom is -0.504 e. The highest BCUT2D eigenvalue weighted by Crippen LogP contribution is 2.32. The van der Waals surface area contributed by atoms with E-state index >= 15 is 0 Å². The Morgan fingerprint density at radius 1 is 1.06 bits per heavy atom. The quantitative estimate of drug-likeness (QED) is 0.487. The molecule has 0 bridgehead atoms. The zero-order valence-electron chi connectivity index (χ0n) is 8.16. The third-order valence-electron chi connectivity index (χ3n) is 1.59. The van der Waals surface area contributed by atoms with Gasteiger partial charge in [0.05, 0.1) is 6.33 Å². The fourth-order valence-corrected chi connectivity index (χ4v) is 0.822. The number of nitrogens with one attached hydrogen (secondary N) is 1. The number of benzene rings is 1. The summed E-state index contributed by atoms with van der Waals surface area (Å²) in [5.74, 6) is -1.09. The number of rotatable bonds is 0. The summed E-state index contributed by atoms with van der Waals surface area (Å²) in [6.45, 7) is 0. The van der Waals surface area contributed by atoms with Crippen LogP contribution in [0.4, 0.5) is 0 Å². The van der Waals surface area contributed by atoms with E-state index in [-0.39, 0.29) is 17.1 Å². The molecule has 84 valence electrons. The predicted octanol–water partition coefficient (Wildman–Crippen LogP) is 0.573. The van der Waals surface area contributed by atoms with Gasteiger partial charge >= 0.3 is 0 Å². The molecular formula is C10H10N2O4. The van der Waals surface area contributed by atoms with Crippen molar-refractivity contribution < 1.29 is 15.3 Å². The molecule has 0 fully saturated rings. The lowest BCUT2D eigenvalue weighted by Crippen LogP contribution is -2.00. The lowest BCUT2D eigenvalue weighted by atomic mass is 10.3. The van der Waals surface area contributed by atoms with Crippen molar-refractivity contribution in [2.75, 3.05) is 0 Å². The molecule has 4 N–H and O–H groups in total. The second-order valence-electron chi connectivity index (χ2n) is 2.75. The highest BCUT2D eigenvalue weighted by Gasteiger charge is 2.00. The monoisotopic (exact) mass is 222 g/mol. The van der Waals surface area contributed by atoms with Gasteiger partial charge in [0.15, 0.2) is 17.2 Å². The minimum absolute atomic E-state index is 0.116. The number of hydrogen-bond donors (Lipinski definition) is 4. The van der Waals surface area contributed by atoms with Crippen molar-refractivity contribution in [3.05, 3.63) is 47.1 Å². The van der Waals surface area contributed by atoms with Gasteiger partial charge in [-0.3, -0.25) is 4.79 Å². The van der Waals surface area contributed by atoms with Gasteiger partial charge in [-0.05, 0) is 12.1 Å². The third-order valence-corrected chi connectivity index (χ3v) is 1.59. The molecule has 6 heteroatoms. The van der Waals surface area contributed by atoms with Crippen LogP contribution in [0.15, 0.2) is 41.6 Å². The van der Waals surface area contributed by atoms with Gasteiger partial charge < -0.3 is 20.3 Å². The van der Waals surface area contributed by atoms with E-state index in [1.54, 1.807) is 0 Å². The first-order valence-electron chi connectivity index (χ1n) is 4.30. The second-order valence-corrected chi connectivity index (χ2v) is 2.75. The minimum atomic E-state index is -0.475. The van der Waals surface area contributed by atoms with Crippen LogP contribution in [0.5, 0.6) is 17.2 Å². The standard InChI is InChI=1S/C6H6O3.C4H4N2O/c7-4-2-1-3-5(8)6(4)9;7-4-1-2-5-3-6-4/h1-3,7-9H;1-3H,(H,5,6,7). The van der Waals surface area contributed by atoms with Gasteiger partial charge in [0.25, 0.3) is 5.56 Å². The van der Waals surface area contributed by atoms with Crippen molar-refractivity contribution in [2.24, 2.45) is 0 Å². The van der Waals surface area contributed by atoms with Crippen molar-refractivity contribution >= 4 is 0 Å². The average molecular weight is 222 g/mol. The number of hydrogen-bond acceptors (Lipinski definition) is 5. The van der Waals surface area contributed by atoms with Gasteiger partial charge in [-0.2, -0.15) is 0 Å². The molecule has 0 saturated heterocycles. The molecule has 6 nitrogen and oxygen atoms in total. The summed E-state index contributed by atoms with van der Waals surface area (Å²) in [4.78, 5) is 16.1. The number of H-pyrrole nitrogens is 1. The smallest absolute Gasteiger partial charge is 0.250 e. The van der Waals surface area contributed by atoms with Crippen molar-refractivity contribution in [2.45, 2.75) is 0 Å². The van der Waals surface area contributed by atoms with Gasteiger partial charge in [0.1, 0.15) is 0 Å². The van der Waals surface area contributed by atoms with E-state index in [9.17, 15) is 4.79 Å². The van der Waals surface area contributed by atoms with Crippen molar-refractivity contribution in [3.8, 4) is 17.2 Å². The summed E-state index contributed by atoms with van der Waals surface area (Å²) in [7, 11) is 0. The molecule has 1 aromatic heterocycles. The molecule has 0 aliphatic rings. The van der Waals surface area contributed by atoms with Gasteiger partial charge in [-0.25, -0.2) is 4.98 Å². The number of phenolic OH excluding ortho intramolecular Hbond substituents is 3. The van der Waals surface area contributed by atoms with Gasteiger partial charge in [0, 0.05) is 12.3 Å². The van der Waals surface area contributed by atoms with Crippen molar-refractivity contribution in [1.82, 2.24) is 9.97 Å². The highest BCUT2D eigenvalue weighted by molar-refractivity contribution is 5.47. The maximum absolute atomic E-state index is 10.2. The predicted molar refractivity (Wildman–Crippen MR) is 56.3 cm³/mol. The number of aromatic nitrogens is 2. The maximum Gasteiger partial charge on any atom is 0.250 e. The van der Waals surface area contributed by atoms with E-state index in [4.69, 9.17) is 15.3 Å². The van der Waals surface area contributed by atoms with Gasteiger partial charge in [0.2, 0.25) is 0 Å². The Kier molecular flexibility index (Phi) is 3.90. The Morgan fingerprint density at radius 2 is 1.69 bits per heavy atom. The average Bonchev–Trinajstić information content (AvgIpc) is 2.28. The molecule has 0 spiro atoms. The Labute approximate surface area is 90.5 Å². The Balaban J connectivity index is 0.000000165. The molecule has 0 aliphatic heterocycles. The summed E-state index contributed by atoms with van der Waals surface area (Å²) in [6, 6.07) is 5.37. The topological polar surface area (TPSA) is 106 Å². The molecule has 1 heterocycles. The van der Waals surface area contributed by atoms with Gasteiger partial charge in [-0.15, -0.1) is 0 Å². The summed E-state index contributed by atoms with van der Waals surface area (Å²) < 4.78 is 0. The van der Waals surface area contributed by atoms with Crippen LogP contribution in [0.2, 0.25) is 0 Å². The third kappa shape index (κ3) is 3.33.